The summed E-state index contributed by atoms with van der Waals surface area (Å²) in [6.45, 7) is 1.70. The molecule has 0 aliphatic heterocycles. The molecule has 0 unspecified atom stereocenters. The van der Waals surface area contributed by atoms with Crippen LogP contribution >= 0.6 is 0 Å². The normalized spacial score (nSPS) is 12.1. The molecule has 0 aromatic heterocycles. The molecule has 0 radical (unpaired) electrons. The molecule has 0 atom stereocenters. The second-order valence-electron chi connectivity index (χ2n) is 4.51. The lowest BCUT2D eigenvalue weighted by molar-refractivity contribution is 0.377. The Morgan fingerprint density at radius 2 is 1.26 bits per heavy atom. The van der Waals surface area contributed by atoms with Gasteiger partial charge in [0.15, 0.2) is 23.3 Å². The summed E-state index contributed by atoms with van der Waals surface area (Å²) >= 11 is 0. The average Bonchev–Trinajstić information content (AvgIpc) is 2.51. The predicted molar refractivity (Wildman–Crippen MR) is 72.2 cm³/mol. The minimum atomic E-state index is -4.35. The molecular formula is C14H8F5NO2S. The van der Waals surface area contributed by atoms with E-state index in [-0.39, 0.29) is 11.1 Å². The van der Waals surface area contributed by atoms with Crippen molar-refractivity contribution < 1.29 is 30.4 Å². The van der Waals surface area contributed by atoms with Gasteiger partial charge in [-0.2, -0.15) is 12.8 Å². The second kappa shape index (κ2) is 6.07. The van der Waals surface area contributed by atoms with Crippen LogP contribution in [0, 0.1) is 36.0 Å². The van der Waals surface area contributed by atoms with Crippen molar-refractivity contribution in [3.05, 3.63) is 64.5 Å². The third-order valence-electron chi connectivity index (χ3n) is 2.88. The minimum Gasteiger partial charge on any atom is -0.203 e. The van der Waals surface area contributed by atoms with E-state index in [1.54, 1.807) is 6.92 Å². The molecule has 2 rings (SSSR count). The van der Waals surface area contributed by atoms with Crippen molar-refractivity contribution in [1.82, 2.24) is 0 Å². The highest BCUT2D eigenvalue weighted by Gasteiger charge is 2.25. The number of sulfonamides is 1. The van der Waals surface area contributed by atoms with E-state index in [2.05, 4.69) is 4.40 Å². The fraction of sp³-hybridized carbons (Fsp3) is 0.0714. The highest BCUT2D eigenvalue weighted by molar-refractivity contribution is 7.90. The van der Waals surface area contributed by atoms with Crippen LogP contribution in [0.1, 0.15) is 11.1 Å². The standard InChI is InChI=1S/C14H8F5NO2S/c1-7-2-4-8(5-3-7)23(21,22)20-6-9-10(15)12(17)14(19)13(18)11(9)16/h2-6H,1H3/b20-6+. The average molecular weight is 349 g/mol. The molecule has 3 nitrogen and oxygen atoms in total. The molecule has 23 heavy (non-hydrogen) atoms. The van der Waals surface area contributed by atoms with Crippen LogP contribution in [-0.2, 0) is 10.0 Å². The van der Waals surface area contributed by atoms with Crippen LogP contribution < -0.4 is 0 Å². The van der Waals surface area contributed by atoms with E-state index in [0.717, 1.165) is 5.56 Å². The number of rotatable bonds is 3. The van der Waals surface area contributed by atoms with Gasteiger partial charge in [-0.05, 0) is 19.1 Å². The third kappa shape index (κ3) is 3.24. The summed E-state index contributed by atoms with van der Waals surface area (Å²) in [6, 6.07) is 5.31. The Labute approximate surface area is 128 Å². The van der Waals surface area contributed by atoms with E-state index in [0.29, 0.717) is 0 Å². The van der Waals surface area contributed by atoms with Gasteiger partial charge in [0.25, 0.3) is 10.0 Å². The zero-order valence-electron chi connectivity index (χ0n) is 11.4. The van der Waals surface area contributed by atoms with Crippen molar-refractivity contribution in [2.75, 3.05) is 0 Å². The van der Waals surface area contributed by atoms with Gasteiger partial charge in [0, 0.05) is 0 Å². The van der Waals surface area contributed by atoms with Crippen LogP contribution in [0.25, 0.3) is 0 Å². The smallest absolute Gasteiger partial charge is 0.203 e. The van der Waals surface area contributed by atoms with Crippen LogP contribution in [-0.4, -0.2) is 14.6 Å². The van der Waals surface area contributed by atoms with Gasteiger partial charge in [-0.25, -0.2) is 22.0 Å². The maximum Gasteiger partial charge on any atom is 0.282 e. The Morgan fingerprint density at radius 1 is 0.826 bits per heavy atom. The predicted octanol–water partition coefficient (Wildman–Crippen LogP) is 3.50. The van der Waals surface area contributed by atoms with Crippen LogP contribution in [0.2, 0.25) is 0 Å². The summed E-state index contributed by atoms with van der Waals surface area (Å²) < 4.78 is 92.5. The van der Waals surface area contributed by atoms with Gasteiger partial charge < -0.3 is 0 Å². The topological polar surface area (TPSA) is 46.5 Å². The molecule has 0 fully saturated rings. The largest absolute Gasteiger partial charge is 0.282 e. The summed E-state index contributed by atoms with van der Waals surface area (Å²) in [4.78, 5) is -0.289. The number of hydrogen-bond donors (Lipinski definition) is 0. The molecule has 0 bridgehead atoms. The lowest BCUT2D eigenvalue weighted by Gasteiger charge is -2.04. The molecule has 0 amide bonds. The quantitative estimate of drug-likeness (QED) is 0.369. The molecule has 0 saturated heterocycles. The maximum absolute atomic E-state index is 13.4. The molecule has 0 saturated carbocycles. The van der Waals surface area contributed by atoms with Gasteiger partial charge in [0.05, 0.1) is 16.7 Å². The summed E-state index contributed by atoms with van der Waals surface area (Å²) in [5, 5.41) is 0. The van der Waals surface area contributed by atoms with Crippen molar-refractivity contribution in [2.24, 2.45) is 4.40 Å². The van der Waals surface area contributed by atoms with Gasteiger partial charge in [0.2, 0.25) is 5.82 Å². The zero-order chi connectivity index (χ0) is 17.4. The first-order chi connectivity index (χ1) is 10.6. The van der Waals surface area contributed by atoms with Gasteiger partial charge in [-0.1, -0.05) is 17.7 Å². The lowest BCUT2D eigenvalue weighted by atomic mass is 10.2. The molecule has 122 valence electrons. The van der Waals surface area contributed by atoms with Crippen LogP contribution in [0.4, 0.5) is 22.0 Å². The van der Waals surface area contributed by atoms with Crippen LogP contribution in [0.5, 0.6) is 0 Å². The molecule has 2 aromatic rings. The number of hydrogen-bond acceptors (Lipinski definition) is 2. The van der Waals surface area contributed by atoms with E-state index in [4.69, 9.17) is 0 Å². The first-order valence-electron chi connectivity index (χ1n) is 6.03. The SMILES string of the molecule is Cc1ccc(S(=O)(=O)/N=C/c2c(F)c(F)c(F)c(F)c2F)cc1. The Balaban J connectivity index is 2.50. The fourth-order valence-corrected chi connectivity index (χ4v) is 2.47. The van der Waals surface area contributed by atoms with Crippen LogP contribution in [0.15, 0.2) is 33.6 Å². The Hall–Kier alpha value is -2.29. The van der Waals surface area contributed by atoms with Gasteiger partial charge in [-0.15, -0.1) is 0 Å². The van der Waals surface area contributed by atoms with E-state index in [9.17, 15) is 30.4 Å². The maximum atomic E-state index is 13.4. The molecular weight excluding hydrogens is 341 g/mol. The summed E-state index contributed by atoms with van der Waals surface area (Å²) in [6.07, 6.45) is 0.0887. The van der Waals surface area contributed by atoms with E-state index in [1.807, 2.05) is 0 Å². The monoisotopic (exact) mass is 349 g/mol. The van der Waals surface area contributed by atoms with Gasteiger partial charge in [0.1, 0.15) is 0 Å². The second-order valence-corrected chi connectivity index (χ2v) is 6.14. The molecule has 0 N–H and O–H groups in total. The molecule has 0 aliphatic carbocycles. The van der Waals surface area contributed by atoms with E-state index in [1.165, 1.54) is 24.3 Å². The van der Waals surface area contributed by atoms with Crippen molar-refractivity contribution in [3.63, 3.8) is 0 Å². The van der Waals surface area contributed by atoms with Crippen molar-refractivity contribution in [1.29, 1.82) is 0 Å². The minimum absolute atomic E-state index is 0.0887. The van der Waals surface area contributed by atoms with E-state index < -0.39 is 44.7 Å². The van der Waals surface area contributed by atoms with Crippen molar-refractivity contribution in [2.45, 2.75) is 11.8 Å². The number of aryl methyl sites for hydroxylation is 1. The zero-order valence-corrected chi connectivity index (χ0v) is 12.3. The van der Waals surface area contributed by atoms with Gasteiger partial charge >= 0.3 is 0 Å². The molecule has 0 heterocycles. The summed E-state index contributed by atoms with van der Waals surface area (Å²) in [7, 11) is -4.35. The summed E-state index contributed by atoms with van der Waals surface area (Å²) in [5.74, 6) is -11.0. The summed E-state index contributed by atoms with van der Waals surface area (Å²) in [5.41, 5.74) is -0.676. The highest BCUT2D eigenvalue weighted by Crippen LogP contribution is 2.22. The lowest BCUT2D eigenvalue weighted by Crippen LogP contribution is -2.07. The molecule has 0 aliphatic rings. The third-order valence-corrected chi connectivity index (χ3v) is 4.13. The van der Waals surface area contributed by atoms with E-state index >= 15 is 0 Å². The molecule has 0 spiro atoms. The Morgan fingerprint density at radius 3 is 1.74 bits per heavy atom. The van der Waals surface area contributed by atoms with Crippen molar-refractivity contribution in [3.8, 4) is 0 Å². The number of halogens is 5. The molecule has 2 aromatic carbocycles. The molecule has 9 heteroatoms. The Bertz CT molecular complexity index is 863. The number of benzene rings is 2. The van der Waals surface area contributed by atoms with Crippen LogP contribution in [0.3, 0.4) is 0 Å². The fourth-order valence-electron chi connectivity index (χ4n) is 1.63. The highest BCUT2D eigenvalue weighted by atomic mass is 32.2. The first kappa shape index (κ1) is 17.1. The van der Waals surface area contributed by atoms with Gasteiger partial charge in [-0.3, -0.25) is 0 Å². The number of nitrogens with zero attached hydrogens (tertiary/aromatic N) is 1. The first-order valence-corrected chi connectivity index (χ1v) is 7.47. The Kier molecular flexibility index (Phi) is 4.51. The van der Waals surface area contributed by atoms with Crippen molar-refractivity contribution >= 4 is 16.2 Å².